The number of ether oxygens (including phenoxy) is 1. The van der Waals surface area contributed by atoms with E-state index in [4.69, 9.17) is 16.3 Å². The molecule has 0 aromatic carbocycles. The highest BCUT2D eigenvalue weighted by Crippen LogP contribution is 2.31. The SMILES string of the molecule is CCOc1cc(C(C(C)C)C(C)Cl)nc(C)n1. The lowest BCUT2D eigenvalue weighted by molar-refractivity contribution is 0.323. The van der Waals surface area contributed by atoms with Crippen molar-refractivity contribution in [1.29, 1.82) is 0 Å². The molecule has 0 radical (unpaired) electrons. The van der Waals surface area contributed by atoms with Crippen LogP contribution in [0.1, 0.15) is 45.1 Å². The molecule has 0 saturated carbocycles. The Kier molecular flexibility index (Phi) is 5.19. The van der Waals surface area contributed by atoms with Gasteiger partial charge in [0, 0.05) is 17.4 Å². The lowest BCUT2D eigenvalue weighted by Crippen LogP contribution is -2.18. The second kappa shape index (κ2) is 6.20. The lowest BCUT2D eigenvalue weighted by Gasteiger charge is -2.23. The summed E-state index contributed by atoms with van der Waals surface area (Å²) < 4.78 is 5.44. The summed E-state index contributed by atoms with van der Waals surface area (Å²) in [6.45, 7) is 10.7. The lowest BCUT2D eigenvalue weighted by atomic mass is 9.89. The molecule has 0 spiro atoms. The Hall–Kier alpha value is -0.830. The zero-order valence-corrected chi connectivity index (χ0v) is 12.0. The standard InChI is InChI=1S/C13H21ClN2O/c1-6-17-12-7-11(15-10(5)16-12)13(8(2)3)9(4)14/h7-9,13H,6H2,1-5H3. The molecule has 0 N–H and O–H groups in total. The molecule has 0 saturated heterocycles. The van der Waals surface area contributed by atoms with Crippen molar-refractivity contribution in [2.24, 2.45) is 5.92 Å². The Morgan fingerprint density at radius 1 is 1.29 bits per heavy atom. The monoisotopic (exact) mass is 256 g/mol. The van der Waals surface area contributed by atoms with Crippen LogP contribution in [0.3, 0.4) is 0 Å². The topological polar surface area (TPSA) is 35.0 Å². The van der Waals surface area contributed by atoms with Crippen LogP contribution in [0, 0.1) is 12.8 Å². The number of aryl methyl sites for hydroxylation is 1. The minimum absolute atomic E-state index is 0.0405. The molecule has 1 heterocycles. The molecule has 96 valence electrons. The van der Waals surface area contributed by atoms with Gasteiger partial charge in [0.2, 0.25) is 5.88 Å². The first-order valence-electron chi connectivity index (χ1n) is 6.08. The summed E-state index contributed by atoms with van der Waals surface area (Å²) >= 11 is 6.25. The fourth-order valence-electron chi connectivity index (χ4n) is 2.06. The third-order valence-corrected chi connectivity index (χ3v) is 2.95. The van der Waals surface area contributed by atoms with Crippen LogP contribution in [-0.2, 0) is 0 Å². The van der Waals surface area contributed by atoms with Crippen molar-refractivity contribution in [3.05, 3.63) is 17.6 Å². The molecule has 1 aromatic rings. The molecule has 0 fully saturated rings. The number of hydrogen-bond donors (Lipinski definition) is 0. The van der Waals surface area contributed by atoms with Crippen molar-refractivity contribution in [3.8, 4) is 5.88 Å². The Morgan fingerprint density at radius 2 is 1.94 bits per heavy atom. The second-order valence-electron chi connectivity index (χ2n) is 4.56. The van der Waals surface area contributed by atoms with Gasteiger partial charge in [0.05, 0.1) is 12.3 Å². The van der Waals surface area contributed by atoms with E-state index >= 15 is 0 Å². The number of alkyl halides is 1. The first-order chi connectivity index (χ1) is 7.95. The van der Waals surface area contributed by atoms with Crippen LogP contribution in [0.2, 0.25) is 0 Å². The van der Waals surface area contributed by atoms with Gasteiger partial charge in [-0.2, -0.15) is 4.98 Å². The molecular formula is C13H21ClN2O. The molecule has 2 unspecified atom stereocenters. The average Bonchev–Trinajstić information content (AvgIpc) is 2.15. The van der Waals surface area contributed by atoms with Crippen LogP contribution in [0.25, 0.3) is 0 Å². The van der Waals surface area contributed by atoms with E-state index in [0.29, 0.717) is 18.4 Å². The normalized spacial score (nSPS) is 14.8. The maximum Gasteiger partial charge on any atom is 0.216 e. The largest absolute Gasteiger partial charge is 0.478 e. The van der Waals surface area contributed by atoms with E-state index in [9.17, 15) is 0 Å². The Balaban J connectivity index is 3.10. The highest BCUT2D eigenvalue weighted by Gasteiger charge is 2.23. The maximum atomic E-state index is 6.25. The van der Waals surface area contributed by atoms with Crippen molar-refractivity contribution in [1.82, 2.24) is 9.97 Å². The summed E-state index contributed by atoms with van der Waals surface area (Å²) in [5, 5.41) is 0.0405. The third kappa shape index (κ3) is 3.84. The molecular weight excluding hydrogens is 236 g/mol. The first kappa shape index (κ1) is 14.2. The summed E-state index contributed by atoms with van der Waals surface area (Å²) in [6, 6.07) is 1.90. The minimum Gasteiger partial charge on any atom is -0.478 e. The molecule has 2 atom stereocenters. The number of halogens is 1. The molecule has 0 aliphatic carbocycles. The van der Waals surface area contributed by atoms with Crippen LogP contribution in [0.5, 0.6) is 5.88 Å². The highest BCUT2D eigenvalue weighted by molar-refractivity contribution is 6.20. The van der Waals surface area contributed by atoms with Gasteiger partial charge in [0.1, 0.15) is 5.82 Å². The summed E-state index contributed by atoms with van der Waals surface area (Å²) in [7, 11) is 0. The van der Waals surface area contributed by atoms with Crippen LogP contribution in [0.15, 0.2) is 6.07 Å². The average molecular weight is 257 g/mol. The highest BCUT2D eigenvalue weighted by atomic mass is 35.5. The summed E-state index contributed by atoms with van der Waals surface area (Å²) in [5.41, 5.74) is 0.971. The second-order valence-corrected chi connectivity index (χ2v) is 5.25. The molecule has 0 aliphatic heterocycles. The number of aromatic nitrogens is 2. The molecule has 0 amide bonds. The number of nitrogens with zero attached hydrogens (tertiary/aromatic N) is 2. The van der Waals surface area contributed by atoms with E-state index in [2.05, 4.69) is 23.8 Å². The summed E-state index contributed by atoms with van der Waals surface area (Å²) in [6.07, 6.45) is 0. The van der Waals surface area contributed by atoms with Gasteiger partial charge < -0.3 is 4.74 Å². The van der Waals surface area contributed by atoms with E-state index in [0.717, 1.165) is 11.5 Å². The zero-order valence-electron chi connectivity index (χ0n) is 11.2. The molecule has 4 heteroatoms. The van der Waals surface area contributed by atoms with Crippen LogP contribution in [0.4, 0.5) is 0 Å². The molecule has 0 bridgehead atoms. The fraction of sp³-hybridized carbons (Fsp3) is 0.692. The predicted molar refractivity (Wildman–Crippen MR) is 70.8 cm³/mol. The maximum absolute atomic E-state index is 6.25. The van der Waals surface area contributed by atoms with E-state index in [1.807, 2.05) is 26.8 Å². The Bertz CT molecular complexity index is 358. The number of hydrogen-bond acceptors (Lipinski definition) is 3. The van der Waals surface area contributed by atoms with Crippen molar-refractivity contribution >= 4 is 11.6 Å². The van der Waals surface area contributed by atoms with Crippen LogP contribution in [-0.4, -0.2) is 22.0 Å². The van der Waals surface area contributed by atoms with E-state index in [-0.39, 0.29) is 11.3 Å². The van der Waals surface area contributed by atoms with Gasteiger partial charge in [-0.25, -0.2) is 4.98 Å². The van der Waals surface area contributed by atoms with Crippen LogP contribution < -0.4 is 4.74 Å². The Morgan fingerprint density at radius 3 is 2.41 bits per heavy atom. The number of rotatable bonds is 5. The van der Waals surface area contributed by atoms with E-state index in [1.165, 1.54) is 0 Å². The van der Waals surface area contributed by atoms with Crippen LogP contribution >= 0.6 is 11.6 Å². The van der Waals surface area contributed by atoms with Gasteiger partial charge in [-0.3, -0.25) is 0 Å². The predicted octanol–water partition coefficient (Wildman–Crippen LogP) is 3.55. The van der Waals surface area contributed by atoms with Gasteiger partial charge >= 0.3 is 0 Å². The van der Waals surface area contributed by atoms with Crippen molar-refractivity contribution < 1.29 is 4.74 Å². The Labute approximate surface area is 109 Å². The van der Waals surface area contributed by atoms with Gasteiger partial charge in [0.25, 0.3) is 0 Å². The van der Waals surface area contributed by atoms with E-state index in [1.54, 1.807) is 0 Å². The smallest absolute Gasteiger partial charge is 0.216 e. The third-order valence-electron chi connectivity index (χ3n) is 2.68. The summed E-state index contributed by atoms with van der Waals surface area (Å²) in [4.78, 5) is 8.73. The molecule has 17 heavy (non-hydrogen) atoms. The fourth-order valence-corrected chi connectivity index (χ4v) is 2.48. The molecule has 0 aliphatic rings. The van der Waals surface area contributed by atoms with Gasteiger partial charge in [-0.1, -0.05) is 13.8 Å². The molecule has 3 nitrogen and oxygen atoms in total. The minimum atomic E-state index is 0.0405. The van der Waals surface area contributed by atoms with Crippen molar-refractivity contribution in [2.45, 2.75) is 45.9 Å². The van der Waals surface area contributed by atoms with Gasteiger partial charge in [0.15, 0.2) is 0 Å². The van der Waals surface area contributed by atoms with E-state index < -0.39 is 0 Å². The molecule has 1 rings (SSSR count). The summed E-state index contributed by atoms with van der Waals surface area (Å²) in [5.74, 6) is 2.02. The van der Waals surface area contributed by atoms with Gasteiger partial charge in [-0.15, -0.1) is 11.6 Å². The first-order valence-corrected chi connectivity index (χ1v) is 6.51. The molecule has 1 aromatic heterocycles. The quantitative estimate of drug-likeness (QED) is 0.756. The van der Waals surface area contributed by atoms with Gasteiger partial charge in [-0.05, 0) is 26.7 Å². The van der Waals surface area contributed by atoms with Crippen molar-refractivity contribution in [2.75, 3.05) is 6.61 Å². The zero-order chi connectivity index (χ0) is 13.0. The van der Waals surface area contributed by atoms with Crippen molar-refractivity contribution in [3.63, 3.8) is 0 Å².